The third-order valence-corrected chi connectivity index (χ3v) is 6.18. The lowest BCUT2D eigenvalue weighted by Gasteiger charge is -2.30. The number of nitrogens with zero attached hydrogens (tertiary/aromatic N) is 1. The lowest BCUT2D eigenvalue weighted by atomic mass is 10.1. The van der Waals surface area contributed by atoms with E-state index in [1.54, 1.807) is 13.2 Å². The van der Waals surface area contributed by atoms with Crippen LogP contribution in [0.3, 0.4) is 0 Å². The molecule has 8 nitrogen and oxygen atoms in total. The Labute approximate surface area is 170 Å². The molecule has 1 fully saturated rings. The zero-order valence-corrected chi connectivity index (χ0v) is 16.9. The molecule has 29 heavy (non-hydrogen) atoms. The Morgan fingerprint density at radius 2 is 1.86 bits per heavy atom. The molecule has 1 heterocycles. The van der Waals surface area contributed by atoms with Crippen molar-refractivity contribution in [2.45, 2.75) is 11.3 Å². The minimum Gasteiger partial charge on any atom is -0.497 e. The molecule has 0 aromatic heterocycles. The molecule has 0 unspecified atom stereocenters. The van der Waals surface area contributed by atoms with Crippen molar-refractivity contribution < 1.29 is 27.8 Å². The van der Waals surface area contributed by atoms with Gasteiger partial charge in [-0.1, -0.05) is 12.1 Å². The predicted molar refractivity (Wildman–Crippen MR) is 108 cm³/mol. The fourth-order valence-corrected chi connectivity index (χ4v) is 4.20. The molecule has 2 aromatic carbocycles. The van der Waals surface area contributed by atoms with E-state index < -0.39 is 16.0 Å². The molecule has 0 saturated carbocycles. The summed E-state index contributed by atoms with van der Waals surface area (Å²) in [4.78, 5) is 13.5. The molecule has 1 saturated heterocycles. The minimum absolute atomic E-state index is 0.0371. The molecule has 0 amide bonds. The summed E-state index contributed by atoms with van der Waals surface area (Å²) in [6.45, 7) is 2.33. The number of rotatable bonds is 8. The number of carboxylic acid groups (broad SMARTS) is 1. The lowest BCUT2D eigenvalue weighted by Crippen LogP contribution is -2.37. The van der Waals surface area contributed by atoms with Crippen LogP contribution in [-0.2, 0) is 21.2 Å². The average molecular weight is 420 g/mol. The Kier molecular flexibility index (Phi) is 6.73. The van der Waals surface area contributed by atoms with E-state index in [-0.39, 0.29) is 17.0 Å². The molecule has 1 aliphatic rings. The van der Waals surface area contributed by atoms with Crippen molar-refractivity contribution in [1.82, 2.24) is 4.72 Å². The Hall–Kier alpha value is -2.62. The zero-order valence-electron chi connectivity index (χ0n) is 16.1. The van der Waals surface area contributed by atoms with Gasteiger partial charge in [0.25, 0.3) is 0 Å². The summed E-state index contributed by atoms with van der Waals surface area (Å²) >= 11 is 0. The number of carboxylic acids is 1. The number of morpholine rings is 1. The normalized spacial score (nSPS) is 14.6. The Morgan fingerprint density at radius 1 is 1.17 bits per heavy atom. The highest BCUT2D eigenvalue weighted by molar-refractivity contribution is 7.89. The van der Waals surface area contributed by atoms with Crippen LogP contribution in [0.4, 0.5) is 5.69 Å². The van der Waals surface area contributed by atoms with Crippen molar-refractivity contribution in [3.63, 3.8) is 0 Å². The van der Waals surface area contributed by atoms with Crippen molar-refractivity contribution in [1.29, 1.82) is 0 Å². The van der Waals surface area contributed by atoms with Crippen LogP contribution in [-0.4, -0.2) is 59.5 Å². The van der Waals surface area contributed by atoms with Gasteiger partial charge in [0.2, 0.25) is 10.0 Å². The maximum atomic E-state index is 12.6. The fourth-order valence-electron chi connectivity index (χ4n) is 3.14. The van der Waals surface area contributed by atoms with Gasteiger partial charge in [-0.25, -0.2) is 17.9 Å². The summed E-state index contributed by atoms with van der Waals surface area (Å²) in [5.74, 6) is -0.433. The summed E-state index contributed by atoms with van der Waals surface area (Å²) in [5, 5.41) is 9.57. The molecule has 9 heteroatoms. The Bertz CT molecular complexity index is 953. The average Bonchev–Trinajstić information content (AvgIpc) is 2.74. The maximum Gasteiger partial charge on any atom is 0.337 e. The van der Waals surface area contributed by atoms with Gasteiger partial charge in [0, 0.05) is 19.6 Å². The summed E-state index contributed by atoms with van der Waals surface area (Å²) < 4.78 is 38.2. The number of ether oxygens (including phenoxy) is 2. The molecule has 0 aliphatic carbocycles. The number of sulfonamides is 1. The van der Waals surface area contributed by atoms with Gasteiger partial charge in [0.05, 0.1) is 36.5 Å². The third kappa shape index (κ3) is 5.26. The molecule has 0 radical (unpaired) electrons. The quantitative estimate of drug-likeness (QED) is 0.670. The van der Waals surface area contributed by atoms with Gasteiger partial charge >= 0.3 is 5.97 Å². The second kappa shape index (κ2) is 9.25. The van der Waals surface area contributed by atoms with Crippen LogP contribution < -0.4 is 14.4 Å². The van der Waals surface area contributed by atoms with Gasteiger partial charge in [0.15, 0.2) is 0 Å². The van der Waals surface area contributed by atoms with E-state index in [0.29, 0.717) is 38.4 Å². The van der Waals surface area contributed by atoms with E-state index in [4.69, 9.17) is 9.47 Å². The number of hydrogen-bond acceptors (Lipinski definition) is 6. The first-order chi connectivity index (χ1) is 13.9. The van der Waals surface area contributed by atoms with Crippen LogP contribution in [0, 0.1) is 0 Å². The molecular weight excluding hydrogens is 396 g/mol. The maximum absolute atomic E-state index is 12.6. The summed E-state index contributed by atoms with van der Waals surface area (Å²) in [6.07, 6.45) is 0.501. The topological polar surface area (TPSA) is 105 Å². The largest absolute Gasteiger partial charge is 0.497 e. The van der Waals surface area contributed by atoms with Crippen molar-refractivity contribution in [2.24, 2.45) is 0 Å². The van der Waals surface area contributed by atoms with Crippen molar-refractivity contribution in [2.75, 3.05) is 44.9 Å². The van der Waals surface area contributed by atoms with Crippen LogP contribution in [0.1, 0.15) is 15.9 Å². The zero-order chi connectivity index (χ0) is 20.9. The molecule has 156 valence electrons. The van der Waals surface area contributed by atoms with E-state index in [9.17, 15) is 18.3 Å². The van der Waals surface area contributed by atoms with Gasteiger partial charge in [-0.3, -0.25) is 0 Å². The molecule has 0 atom stereocenters. The summed E-state index contributed by atoms with van der Waals surface area (Å²) in [5.41, 5.74) is 1.42. The molecule has 0 bridgehead atoms. The minimum atomic E-state index is -3.83. The molecule has 2 N–H and O–H groups in total. The van der Waals surface area contributed by atoms with E-state index >= 15 is 0 Å². The van der Waals surface area contributed by atoms with Crippen LogP contribution in [0.15, 0.2) is 47.4 Å². The molecule has 3 rings (SSSR count). The van der Waals surface area contributed by atoms with Gasteiger partial charge in [0.1, 0.15) is 5.75 Å². The first-order valence-corrected chi connectivity index (χ1v) is 10.7. The van der Waals surface area contributed by atoms with Crippen LogP contribution in [0.2, 0.25) is 0 Å². The number of aromatic carboxylic acids is 1. The Balaban J connectivity index is 1.71. The van der Waals surface area contributed by atoms with E-state index in [0.717, 1.165) is 11.3 Å². The second-order valence-electron chi connectivity index (χ2n) is 6.58. The fraction of sp³-hybridized carbons (Fsp3) is 0.350. The third-order valence-electron chi connectivity index (χ3n) is 4.73. The molecular formula is C20H24N2O6S. The molecule has 1 aliphatic heterocycles. The van der Waals surface area contributed by atoms with E-state index in [1.165, 1.54) is 12.1 Å². The highest BCUT2D eigenvalue weighted by atomic mass is 32.2. The van der Waals surface area contributed by atoms with Gasteiger partial charge < -0.3 is 19.5 Å². The SMILES string of the molecule is COc1ccc(CCNS(=O)(=O)c2ccc(N3CCOCC3)c(C(=O)O)c2)cc1. The smallest absolute Gasteiger partial charge is 0.337 e. The number of hydrogen-bond donors (Lipinski definition) is 2. The highest BCUT2D eigenvalue weighted by Crippen LogP contribution is 2.25. The number of nitrogens with one attached hydrogen (secondary N) is 1. The van der Waals surface area contributed by atoms with Crippen LogP contribution in [0.25, 0.3) is 0 Å². The monoisotopic (exact) mass is 420 g/mol. The number of carbonyl (C=O) groups is 1. The molecule has 0 spiro atoms. The van der Waals surface area contributed by atoms with Gasteiger partial charge in [-0.2, -0.15) is 0 Å². The number of anilines is 1. The van der Waals surface area contributed by atoms with Crippen LogP contribution in [0.5, 0.6) is 5.75 Å². The van der Waals surface area contributed by atoms with Gasteiger partial charge in [-0.05, 0) is 42.3 Å². The standard InChI is InChI=1S/C20H24N2O6S/c1-27-16-4-2-15(3-5-16)8-9-21-29(25,26)17-6-7-19(18(14-17)20(23)24)22-10-12-28-13-11-22/h2-7,14,21H,8-13H2,1H3,(H,23,24). The van der Waals surface area contributed by atoms with E-state index in [1.807, 2.05) is 29.2 Å². The number of benzene rings is 2. The molecule has 2 aromatic rings. The highest BCUT2D eigenvalue weighted by Gasteiger charge is 2.22. The Morgan fingerprint density at radius 3 is 2.48 bits per heavy atom. The predicted octanol–water partition coefficient (Wildman–Crippen LogP) is 1.75. The first-order valence-electron chi connectivity index (χ1n) is 9.23. The first kappa shape index (κ1) is 21.1. The number of methoxy groups -OCH3 is 1. The second-order valence-corrected chi connectivity index (χ2v) is 8.35. The van der Waals surface area contributed by atoms with Crippen molar-refractivity contribution >= 4 is 21.7 Å². The van der Waals surface area contributed by atoms with E-state index in [2.05, 4.69) is 4.72 Å². The summed E-state index contributed by atoms with van der Waals surface area (Å²) in [7, 11) is -2.25. The summed E-state index contributed by atoms with van der Waals surface area (Å²) in [6, 6.07) is 11.6. The van der Waals surface area contributed by atoms with Crippen molar-refractivity contribution in [3.05, 3.63) is 53.6 Å². The van der Waals surface area contributed by atoms with Gasteiger partial charge in [-0.15, -0.1) is 0 Å². The lowest BCUT2D eigenvalue weighted by molar-refractivity contribution is 0.0696. The van der Waals surface area contributed by atoms with Crippen molar-refractivity contribution in [3.8, 4) is 5.75 Å². The van der Waals surface area contributed by atoms with Crippen LogP contribution >= 0.6 is 0 Å².